The lowest BCUT2D eigenvalue weighted by Gasteiger charge is -2.40. The van der Waals surface area contributed by atoms with Crippen molar-refractivity contribution >= 4 is 17.7 Å². The summed E-state index contributed by atoms with van der Waals surface area (Å²) in [5.74, 6) is -0.0623. The van der Waals surface area contributed by atoms with Crippen LogP contribution in [0.3, 0.4) is 0 Å². The lowest BCUT2D eigenvalue weighted by molar-refractivity contribution is 0.0105. The predicted octanol–water partition coefficient (Wildman–Crippen LogP) is 6.11. The summed E-state index contributed by atoms with van der Waals surface area (Å²) in [5.41, 5.74) is 5.12. The van der Waals surface area contributed by atoms with Crippen molar-refractivity contribution in [2.24, 2.45) is 0 Å². The number of hydrogen-bond donors (Lipinski definition) is 2. The zero-order valence-electron chi connectivity index (χ0n) is 22.0. The first-order valence-electron chi connectivity index (χ1n) is 13.0. The van der Waals surface area contributed by atoms with Crippen molar-refractivity contribution in [1.29, 1.82) is 0 Å². The van der Waals surface area contributed by atoms with Gasteiger partial charge >= 0.3 is 6.09 Å². The van der Waals surface area contributed by atoms with Gasteiger partial charge in [-0.05, 0) is 81.0 Å². The van der Waals surface area contributed by atoms with Crippen molar-refractivity contribution in [2.45, 2.75) is 57.7 Å². The van der Waals surface area contributed by atoms with Gasteiger partial charge in [0.05, 0.1) is 11.6 Å². The van der Waals surface area contributed by atoms with Crippen LogP contribution in [0.5, 0.6) is 0 Å². The molecule has 1 saturated carbocycles. The van der Waals surface area contributed by atoms with Crippen LogP contribution >= 0.6 is 0 Å². The van der Waals surface area contributed by atoms with Gasteiger partial charge in [0.2, 0.25) is 0 Å². The van der Waals surface area contributed by atoms with Crippen LogP contribution in [0.2, 0.25) is 0 Å². The van der Waals surface area contributed by atoms with Gasteiger partial charge < -0.3 is 20.3 Å². The van der Waals surface area contributed by atoms with Crippen LogP contribution < -0.4 is 10.6 Å². The number of nitrogens with one attached hydrogen (secondary N) is 2. The quantitative estimate of drug-likeness (QED) is 0.431. The minimum atomic E-state index is -0.503. The third-order valence-electron chi connectivity index (χ3n) is 7.01. The van der Waals surface area contributed by atoms with Crippen LogP contribution in [-0.4, -0.2) is 41.6 Å². The van der Waals surface area contributed by atoms with E-state index in [0.717, 1.165) is 35.2 Å². The minimum absolute atomic E-state index is 0.0623. The van der Waals surface area contributed by atoms with Gasteiger partial charge in [-0.1, -0.05) is 54.6 Å². The average Bonchev–Trinajstić information content (AvgIpc) is 3.62. The zero-order chi connectivity index (χ0) is 26.2. The molecular weight excluding hydrogens is 462 g/mol. The standard InChI is InChI=1S/C31H35N3O3/c1-21-13-14-25(32-26-19-34(20-26)29(36)37-30(2,3)4)18-27(21)28(35)33-31(15-16-31)24-12-8-11-23(17-24)22-9-6-5-7-10-22/h5-14,17-18,26,32H,15-16,19-20H2,1-4H3,(H,33,35). The summed E-state index contributed by atoms with van der Waals surface area (Å²) in [4.78, 5) is 27.3. The van der Waals surface area contributed by atoms with Gasteiger partial charge in [0.25, 0.3) is 5.91 Å². The third-order valence-corrected chi connectivity index (χ3v) is 7.01. The van der Waals surface area contributed by atoms with Crippen molar-refractivity contribution in [2.75, 3.05) is 18.4 Å². The van der Waals surface area contributed by atoms with Gasteiger partial charge in [0.1, 0.15) is 5.60 Å². The van der Waals surface area contributed by atoms with E-state index < -0.39 is 5.60 Å². The Hall–Kier alpha value is -3.80. The molecule has 1 aliphatic carbocycles. The van der Waals surface area contributed by atoms with Crippen molar-refractivity contribution in [1.82, 2.24) is 10.2 Å². The highest BCUT2D eigenvalue weighted by molar-refractivity contribution is 5.97. The van der Waals surface area contributed by atoms with Crippen molar-refractivity contribution < 1.29 is 14.3 Å². The van der Waals surface area contributed by atoms with Crippen LogP contribution in [0.1, 0.15) is 55.1 Å². The Labute approximate surface area is 219 Å². The number of carbonyl (C=O) groups is 2. The Balaban J connectivity index is 1.24. The molecule has 37 heavy (non-hydrogen) atoms. The number of amides is 2. The molecule has 0 atom stereocenters. The molecule has 5 rings (SSSR count). The third kappa shape index (κ3) is 5.63. The second kappa shape index (κ2) is 9.58. The highest BCUT2D eigenvalue weighted by Crippen LogP contribution is 2.46. The van der Waals surface area contributed by atoms with Crippen LogP contribution in [0, 0.1) is 6.92 Å². The maximum Gasteiger partial charge on any atom is 0.410 e. The number of aryl methyl sites for hydroxylation is 1. The van der Waals surface area contributed by atoms with Gasteiger partial charge in [-0.2, -0.15) is 0 Å². The summed E-state index contributed by atoms with van der Waals surface area (Å²) in [7, 11) is 0. The molecule has 0 aromatic heterocycles. The van der Waals surface area contributed by atoms with Crippen LogP contribution in [-0.2, 0) is 10.3 Å². The molecule has 2 fully saturated rings. The first-order valence-corrected chi connectivity index (χ1v) is 13.0. The molecule has 0 spiro atoms. The summed E-state index contributed by atoms with van der Waals surface area (Å²) in [6, 6.07) is 24.8. The number of benzene rings is 3. The molecule has 3 aromatic rings. The summed E-state index contributed by atoms with van der Waals surface area (Å²) >= 11 is 0. The van der Waals surface area contributed by atoms with E-state index in [1.807, 2.05) is 64.1 Å². The SMILES string of the molecule is Cc1ccc(NC2CN(C(=O)OC(C)(C)C)C2)cc1C(=O)NC1(c2cccc(-c3ccccc3)c2)CC1. The van der Waals surface area contributed by atoms with E-state index in [4.69, 9.17) is 4.74 Å². The number of likely N-dealkylation sites (tertiary alicyclic amines) is 1. The monoisotopic (exact) mass is 497 g/mol. The topological polar surface area (TPSA) is 70.7 Å². The van der Waals surface area contributed by atoms with Crippen LogP contribution in [0.4, 0.5) is 10.5 Å². The van der Waals surface area contributed by atoms with Gasteiger partial charge in [-0.3, -0.25) is 4.79 Å². The van der Waals surface area contributed by atoms with E-state index in [1.165, 1.54) is 5.56 Å². The number of carbonyl (C=O) groups excluding carboxylic acids is 2. The fourth-order valence-electron chi connectivity index (χ4n) is 4.76. The summed E-state index contributed by atoms with van der Waals surface area (Å²) < 4.78 is 5.43. The van der Waals surface area contributed by atoms with Crippen molar-refractivity contribution in [3.8, 4) is 11.1 Å². The highest BCUT2D eigenvalue weighted by atomic mass is 16.6. The van der Waals surface area contributed by atoms with E-state index in [0.29, 0.717) is 18.7 Å². The maximum absolute atomic E-state index is 13.4. The molecule has 0 unspecified atom stereocenters. The molecule has 192 valence electrons. The van der Waals surface area contributed by atoms with Gasteiger partial charge in [-0.25, -0.2) is 4.79 Å². The van der Waals surface area contributed by atoms with Gasteiger partial charge in [-0.15, -0.1) is 0 Å². The second-order valence-electron chi connectivity index (χ2n) is 11.2. The molecule has 2 aliphatic rings. The second-order valence-corrected chi connectivity index (χ2v) is 11.2. The highest BCUT2D eigenvalue weighted by Gasteiger charge is 2.46. The fraction of sp³-hybridized carbons (Fsp3) is 0.355. The normalized spacial score (nSPS) is 16.5. The van der Waals surface area contributed by atoms with Gasteiger partial charge in [0, 0.05) is 24.3 Å². The van der Waals surface area contributed by atoms with E-state index >= 15 is 0 Å². The predicted molar refractivity (Wildman–Crippen MR) is 147 cm³/mol. The molecule has 6 nitrogen and oxygen atoms in total. The largest absolute Gasteiger partial charge is 0.444 e. The molecule has 3 aromatic carbocycles. The smallest absolute Gasteiger partial charge is 0.410 e. The fourth-order valence-corrected chi connectivity index (χ4v) is 4.76. The minimum Gasteiger partial charge on any atom is -0.444 e. The Morgan fingerprint density at radius 2 is 1.62 bits per heavy atom. The van der Waals surface area contributed by atoms with E-state index in [9.17, 15) is 9.59 Å². The molecule has 0 radical (unpaired) electrons. The lowest BCUT2D eigenvalue weighted by Crippen LogP contribution is -2.57. The van der Waals surface area contributed by atoms with E-state index in [2.05, 4.69) is 47.0 Å². The number of rotatable bonds is 6. The Morgan fingerprint density at radius 3 is 2.30 bits per heavy atom. The summed E-state index contributed by atoms with van der Waals surface area (Å²) in [6.45, 7) is 8.71. The van der Waals surface area contributed by atoms with Crippen molar-refractivity contribution in [3.05, 3.63) is 89.5 Å². The average molecular weight is 498 g/mol. The van der Waals surface area contributed by atoms with Gasteiger partial charge in [0.15, 0.2) is 0 Å². The van der Waals surface area contributed by atoms with E-state index in [1.54, 1.807) is 4.90 Å². The first kappa shape index (κ1) is 24.9. The molecule has 0 bridgehead atoms. The van der Waals surface area contributed by atoms with Crippen LogP contribution in [0.15, 0.2) is 72.8 Å². The molecule has 6 heteroatoms. The Kier molecular flexibility index (Phi) is 6.44. The molecular formula is C31H35N3O3. The van der Waals surface area contributed by atoms with E-state index in [-0.39, 0.29) is 23.6 Å². The lowest BCUT2D eigenvalue weighted by atomic mass is 9.97. The molecule has 1 heterocycles. The maximum atomic E-state index is 13.4. The van der Waals surface area contributed by atoms with Crippen molar-refractivity contribution in [3.63, 3.8) is 0 Å². The number of hydrogen-bond acceptors (Lipinski definition) is 4. The summed E-state index contributed by atoms with van der Waals surface area (Å²) in [5, 5.41) is 6.79. The number of nitrogens with zero attached hydrogens (tertiary/aromatic N) is 1. The molecule has 1 aliphatic heterocycles. The summed E-state index contributed by atoms with van der Waals surface area (Å²) in [6.07, 6.45) is 1.56. The molecule has 1 saturated heterocycles. The first-order chi connectivity index (χ1) is 17.6. The number of ether oxygens (including phenoxy) is 1. The zero-order valence-corrected chi connectivity index (χ0v) is 22.0. The Morgan fingerprint density at radius 1 is 0.919 bits per heavy atom. The van der Waals surface area contributed by atoms with Crippen LogP contribution in [0.25, 0.3) is 11.1 Å². The number of anilines is 1. The Bertz CT molecular complexity index is 1300. The molecule has 2 amide bonds. The molecule has 2 N–H and O–H groups in total.